The molecule has 0 bridgehead atoms. The van der Waals surface area contributed by atoms with Gasteiger partial charge in [-0.3, -0.25) is 9.59 Å². The molecule has 0 saturated carbocycles. The van der Waals surface area contributed by atoms with Crippen LogP contribution in [0.4, 0.5) is 0 Å². The third kappa shape index (κ3) is 7.74. The molecule has 5 nitrogen and oxygen atoms in total. The van der Waals surface area contributed by atoms with Crippen LogP contribution in [0.15, 0.2) is 0 Å². The summed E-state index contributed by atoms with van der Waals surface area (Å²) in [6.45, 7) is 7.46. The average Bonchev–Trinajstić information content (AvgIpc) is 2.32. The molecule has 0 radical (unpaired) electrons. The Morgan fingerprint density at radius 2 is 1.94 bits per heavy atom. The maximum absolute atomic E-state index is 11.4. The molecule has 0 aromatic carbocycles. The van der Waals surface area contributed by atoms with Crippen LogP contribution in [0, 0.1) is 0 Å². The van der Waals surface area contributed by atoms with Crippen molar-refractivity contribution in [2.75, 3.05) is 26.7 Å². The van der Waals surface area contributed by atoms with Gasteiger partial charge in [0.1, 0.15) is 0 Å². The van der Waals surface area contributed by atoms with Gasteiger partial charge in [0.15, 0.2) is 0 Å². The maximum atomic E-state index is 11.4. The molecule has 0 aliphatic carbocycles. The summed E-state index contributed by atoms with van der Waals surface area (Å²) in [6, 6.07) is 0.218. The van der Waals surface area contributed by atoms with E-state index in [2.05, 4.69) is 10.6 Å². The Balaban J connectivity index is 3.58. The van der Waals surface area contributed by atoms with E-state index in [4.69, 9.17) is 0 Å². The van der Waals surface area contributed by atoms with E-state index < -0.39 is 0 Å². The molecule has 0 aliphatic rings. The quantitative estimate of drug-likeness (QED) is 0.605. The Morgan fingerprint density at radius 3 is 2.47 bits per heavy atom. The van der Waals surface area contributed by atoms with Crippen LogP contribution >= 0.6 is 0 Å². The highest BCUT2D eigenvalue weighted by Crippen LogP contribution is 1.89. The van der Waals surface area contributed by atoms with Crippen LogP contribution in [0.1, 0.15) is 33.6 Å². The van der Waals surface area contributed by atoms with Gasteiger partial charge in [-0.25, -0.2) is 0 Å². The van der Waals surface area contributed by atoms with Crippen LogP contribution in [0.5, 0.6) is 0 Å². The van der Waals surface area contributed by atoms with Gasteiger partial charge in [-0.1, -0.05) is 6.92 Å². The van der Waals surface area contributed by atoms with Gasteiger partial charge in [0.25, 0.3) is 0 Å². The summed E-state index contributed by atoms with van der Waals surface area (Å²) in [4.78, 5) is 24.5. The SMILES string of the molecule is CCC(C)NC(=O)CCNCC(=O)N(C)CC. The third-order valence-corrected chi connectivity index (χ3v) is 2.72. The molecule has 2 amide bonds. The Bertz CT molecular complexity index is 244. The zero-order valence-corrected chi connectivity index (χ0v) is 11.4. The van der Waals surface area contributed by atoms with E-state index >= 15 is 0 Å². The van der Waals surface area contributed by atoms with Gasteiger partial charge >= 0.3 is 0 Å². The van der Waals surface area contributed by atoms with Crippen molar-refractivity contribution >= 4 is 11.8 Å². The molecule has 0 spiro atoms. The van der Waals surface area contributed by atoms with Crippen LogP contribution in [-0.2, 0) is 9.59 Å². The number of rotatable bonds is 8. The molecule has 0 saturated heterocycles. The van der Waals surface area contributed by atoms with Gasteiger partial charge < -0.3 is 15.5 Å². The molecule has 1 unspecified atom stereocenters. The molecule has 5 heteroatoms. The summed E-state index contributed by atoms with van der Waals surface area (Å²) in [7, 11) is 1.76. The fourth-order valence-electron chi connectivity index (χ4n) is 1.16. The Kier molecular flexibility index (Phi) is 8.40. The second kappa shape index (κ2) is 8.98. The molecule has 100 valence electrons. The fraction of sp³-hybridized carbons (Fsp3) is 0.833. The highest BCUT2D eigenvalue weighted by Gasteiger charge is 2.07. The number of amides is 2. The number of nitrogens with zero attached hydrogens (tertiary/aromatic N) is 1. The minimum Gasteiger partial charge on any atom is -0.354 e. The minimum atomic E-state index is 0.0307. The van der Waals surface area contributed by atoms with Gasteiger partial charge in [-0.15, -0.1) is 0 Å². The normalized spacial score (nSPS) is 12.0. The first-order valence-corrected chi connectivity index (χ1v) is 6.25. The molecule has 1 atom stereocenters. The summed E-state index contributed by atoms with van der Waals surface area (Å²) in [5, 5.41) is 5.85. The van der Waals surface area contributed by atoms with Crippen molar-refractivity contribution in [3.8, 4) is 0 Å². The molecular formula is C12H25N3O2. The second-order valence-corrected chi connectivity index (χ2v) is 4.21. The smallest absolute Gasteiger partial charge is 0.236 e. The lowest BCUT2D eigenvalue weighted by Crippen LogP contribution is -2.38. The first-order chi connectivity index (χ1) is 8.01. The van der Waals surface area contributed by atoms with Crippen LogP contribution in [0.25, 0.3) is 0 Å². The standard InChI is InChI=1S/C12H25N3O2/c1-5-10(3)14-11(16)7-8-13-9-12(17)15(4)6-2/h10,13H,5-9H2,1-4H3,(H,14,16). The monoisotopic (exact) mass is 243 g/mol. The van der Waals surface area contributed by atoms with Gasteiger partial charge in [-0.2, -0.15) is 0 Å². The lowest BCUT2D eigenvalue weighted by atomic mass is 10.2. The Hall–Kier alpha value is -1.10. The highest BCUT2D eigenvalue weighted by molar-refractivity contribution is 5.78. The number of carbonyl (C=O) groups is 2. The summed E-state index contributed by atoms with van der Waals surface area (Å²) in [5.74, 6) is 0.0815. The van der Waals surface area contributed by atoms with Crippen LogP contribution in [0.2, 0.25) is 0 Å². The first kappa shape index (κ1) is 15.9. The number of hydrogen-bond acceptors (Lipinski definition) is 3. The van der Waals surface area contributed by atoms with Crippen molar-refractivity contribution in [1.82, 2.24) is 15.5 Å². The zero-order chi connectivity index (χ0) is 13.3. The van der Waals surface area contributed by atoms with Crippen molar-refractivity contribution < 1.29 is 9.59 Å². The number of likely N-dealkylation sites (N-methyl/N-ethyl adjacent to an activating group) is 1. The van der Waals surface area contributed by atoms with Gasteiger partial charge in [0.2, 0.25) is 11.8 Å². The van der Waals surface area contributed by atoms with Gasteiger partial charge in [0, 0.05) is 32.6 Å². The topological polar surface area (TPSA) is 61.4 Å². The summed E-state index contributed by atoms with van der Waals surface area (Å²) in [6.07, 6.45) is 1.34. The van der Waals surface area contributed by atoms with Gasteiger partial charge in [0.05, 0.1) is 6.54 Å². The predicted molar refractivity (Wildman–Crippen MR) is 68.7 cm³/mol. The summed E-state index contributed by atoms with van der Waals surface area (Å²) >= 11 is 0. The molecule has 0 rings (SSSR count). The lowest BCUT2D eigenvalue weighted by molar-refractivity contribution is -0.129. The Morgan fingerprint density at radius 1 is 1.29 bits per heavy atom. The average molecular weight is 243 g/mol. The van der Waals surface area contributed by atoms with E-state index in [1.807, 2.05) is 20.8 Å². The van der Waals surface area contributed by atoms with E-state index in [9.17, 15) is 9.59 Å². The molecular weight excluding hydrogens is 218 g/mol. The van der Waals surface area contributed by atoms with E-state index in [0.717, 1.165) is 6.42 Å². The maximum Gasteiger partial charge on any atom is 0.236 e. The molecule has 0 aliphatic heterocycles. The van der Waals surface area contributed by atoms with E-state index in [-0.39, 0.29) is 17.9 Å². The minimum absolute atomic E-state index is 0.0307. The van der Waals surface area contributed by atoms with Crippen LogP contribution in [0.3, 0.4) is 0 Å². The molecule has 0 aromatic rings. The van der Waals surface area contributed by atoms with Crippen molar-refractivity contribution in [3.63, 3.8) is 0 Å². The number of carbonyl (C=O) groups excluding carboxylic acids is 2. The lowest BCUT2D eigenvalue weighted by Gasteiger charge is -2.15. The number of nitrogens with one attached hydrogen (secondary N) is 2. The molecule has 0 fully saturated rings. The summed E-state index contributed by atoms with van der Waals surface area (Å²) in [5.41, 5.74) is 0. The Labute approximate surface area is 104 Å². The zero-order valence-electron chi connectivity index (χ0n) is 11.4. The molecule has 2 N–H and O–H groups in total. The van der Waals surface area contributed by atoms with Crippen molar-refractivity contribution in [2.45, 2.75) is 39.7 Å². The van der Waals surface area contributed by atoms with E-state index in [1.54, 1.807) is 11.9 Å². The molecule has 0 aromatic heterocycles. The van der Waals surface area contributed by atoms with Crippen molar-refractivity contribution in [2.24, 2.45) is 0 Å². The van der Waals surface area contributed by atoms with Crippen LogP contribution < -0.4 is 10.6 Å². The van der Waals surface area contributed by atoms with Crippen LogP contribution in [-0.4, -0.2) is 49.4 Å². The van der Waals surface area contributed by atoms with E-state index in [1.165, 1.54) is 0 Å². The highest BCUT2D eigenvalue weighted by atomic mass is 16.2. The second-order valence-electron chi connectivity index (χ2n) is 4.21. The summed E-state index contributed by atoms with van der Waals surface area (Å²) < 4.78 is 0. The van der Waals surface area contributed by atoms with Crippen molar-refractivity contribution in [1.29, 1.82) is 0 Å². The predicted octanol–water partition coefficient (Wildman–Crippen LogP) is 0.359. The van der Waals surface area contributed by atoms with Gasteiger partial charge in [-0.05, 0) is 20.3 Å². The number of hydrogen-bond donors (Lipinski definition) is 2. The van der Waals surface area contributed by atoms with E-state index in [0.29, 0.717) is 26.1 Å². The molecule has 0 heterocycles. The molecule has 17 heavy (non-hydrogen) atoms. The van der Waals surface area contributed by atoms with Crippen molar-refractivity contribution in [3.05, 3.63) is 0 Å². The fourth-order valence-corrected chi connectivity index (χ4v) is 1.16. The third-order valence-electron chi connectivity index (χ3n) is 2.72. The largest absolute Gasteiger partial charge is 0.354 e. The first-order valence-electron chi connectivity index (χ1n) is 6.25.